The molecule has 1 N–H and O–H groups in total. The third-order valence-electron chi connectivity index (χ3n) is 3.45. The Bertz CT molecular complexity index is 538. The van der Waals surface area contributed by atoms with E-state index < -0.39 is 0 Å². The van der Waals surface area contributed by atoms with Crippen LogP contribution in [0.4, 0.5) is 0 Å². The zero-order valence-corrected chi connectivity index (χ0v) is 13.0. The van der Waals surface area contributed by atoms with Crippen LogP contribution in [0.15, 0.2) is 30.3 Å². The lowest BCUT2D eigenvalue weighted by Gasteiger charge is -2.10. The summed E-state index contributed by atoms with van der Waals surface area (Å²) < 4.78 is 2.07. The van der Waals surface area contributed by atoms with E-state index in [1.807, 2.05) is 0 Å². The van der Waals surface area contributed by atoms with Crippen molar-refractivity contribution >= 4 is 0 Å². The van der Waals surface area contributed by atoms with Crippen LogP contribution in [0.3, 0.4) is 0 Å². The first kappa shape index (κ1) is 14.8. The van der Waals surface area contributed by atoms with Crippen LogP contribution in [0.2, 0.25) is 0 Å². The fraction of sp³-hybridized carbons (Fsp3) is 0.471. The molecule has 3 heteroatoms. The Labute approximate surface area is 122 Å². The van der Waals surface area contributed by atoms with Crippen molar-refractivity contribution in [3.63, 3.8) is 0 Å². The van der Waals surface area contributed by atoms with Gasteiger partial charge in [-0.15, -0.1) is 0 Å². The van der Waals surface area contributed by atoms with Crippen molar-refractivity contribution < 1.29 is 0 Å². The van der Waals surface area contributed by atoms with E-state index in [9.17, 15) is 0 Å². The van der Waals surface area contributed by atoms with E-state index in [-0.39, 0.29) is 0 Å². The SMILES string of the molecule is CCc1cc(CC)n(-c2ccc(CNC(C)C)cc2)n1. The summed E-state index contributed by atoms with van der Waals surface area (Å²) in [5.74, 6) is 0. The first-order valence-electron chi connectivity index (χ1n) is 7.54. The first-order chi connectivity index (χ1) is 9.63. The van der Waals surface area contributed by atoms with Crippen LogP contribution in [-0.2, 0) is 19.4 Å². The number of rotatable bonds is 6. The third kappa shape index (κ3) is 3.48. The van der Waals surface area contributed by atoms with Gasteiger partial charge in [-0.1, -0.05) is 39.8 Å². The molecule has 0 atom stereocenters. The molecule has 1 aromatic carbocycles. The van der Waals surface area contributed by atoms with E-state index >= 15 is 0 Å². The van der Waals surface area contributed by atoms with Gasteiger partial charge >= 0.3 is 0 Å². The number of benzene rings is 1. The molecule has 108 valence electrons. The zero-order chi connectivity index (χ0) is 14.5. The lowest BCUT2D eigenvalue weighted by atomic mass is 10.2. The van der Waals surface area contributed by atoms with Gasteiger partial charge in [-0.25, -0.2) is 4.68 Å². The van der Waals surface area contributed by atoms with Crippen molar-refractivity contribution in [2.45, 2.75) is 53.1 Å². The molecule has 0 amide bonds. The fourth-order valence-electron chi connectivity index (χ4n) is 2.20. The summed E-state index contributed by atoms with van der Waals surface area (Å²) in [6, 6.07) is 11.4. The molecular formula is C17H25N3. The van der Waals surface area contributed by atoms with Crippen LogP contribution >= 0.6 is 0 Å². The Kier molecular flexibility index (Phi) is 4.96. The number of nitrogens with one attached hydrogen (secondary N) is 1. The molecule has 0 aliphatic carbocycles. The number of hydrogen-bond acceptors (Lipinski definition) is 2. The van der Waals surface area contributed by atoms with Gasteiger partial charge < -0.3 is 5.32 Å². The van der Waals surface area contributed by atoms with Crippen LogP contribution < -0.4 is 5.32 Å². The minimum Gasteiger partial charge on any atom is -0.310 e. The molecular weight excluding hydrogens is 246 g/mol. The van der Waals surface area contributed by atoms with Crippen molar-refractivity contribution in [3.8, 4) is 5.69 Å². The third-order valence-corrected chi connectivity index (χ3v) is 3.45. The lowest BCUT2D eigenvalue weighted by molar-refractivity contribution is 0.589. The molecule has 0 spiro atoms. The second-order valence-corrected chi connectivity index (χ2v) is 5.45. The summed E-state index contributed by atoms with van der Waals surface area (Å²) in [6.07, 6.45) is 1.99. The van der Waals surface area contributed by atoms with Gasteiger partial charge in [0.05, 0.1) is 11.4 Å². The largest absolute Gasteiger partial charge is 0.310 e. The average Bonchev–Trinajstić information content (AvgIpc) is 2.89. The monoisotopic (exact) mass is 271 g/mol. The summed E-state index contributed by atoms with van der Waals surface area (Å²) in [6.45, 7) is 9.56. The predicted octanol–water partition coefficient (Wildman–Crippen LogP) is 3.50. The molecule has 1 aromatic heterocycles. The zero-order valence-electron chi connectivity index (χ0n) is 13.0. The highest BCUT2D eigenvalue weighted by atomic mass is 15.3. The Morgan fingerprint density at radius 3 is 2.35 bits per heavy atom. The average molecular weight is 271 g/mol. The van der Waals surface area contributed by atoms with Crippen LogP contribution in [0, 0.1) is 0 Å². The van der Waals surface area contributed by atoms with Crippen LogP contribution in [0.5, 0.6) is 0 Å². The molecule has 0 fully saturated rings. The second-order valence-electron chi connectivity index (χ2n) is 5.45. The Morgan fingerprint density at radius 1 is 1.10 bits per heavy atom. The van der Waals surface area contributed by atoms with E-state index in [2.05, 4.69) is 73.1 Å². The smallest absolute Gasteiger partial charge is 0.0649 e. The summed E-state index contributed by atoms with van der Waals surface area (Å²) in [5, 5.41) is 8.11. The van der Waals surface area contributed by atoms with E-state index in [0.717, 1.165) is 30.8 Å². The molecule has 0 bridgehead atoms. The van der Waals surface area contributed by atoms with E-state index in [4.69, 9.17) is 0 Å². The molecule has 0 radical (unpaired) electrons. The van der Waals surface area contributed by atoms with Gasteiger partial charge in [0.1, 0.15) is 0 Å². The Hall–Kier alpha value is -1.61. The molecule has 2 rings (SSSR count). The van der Waals surface area contributed by atoms with Crippen molar-refractivity contribution in [2.24, 2.45) is 0 Å². The predicted molar refractivity (Wildman–Crippen MR) is 84.3 cm³/mol. The molecule has 0 saturated heterocycles. The van der Waals surface area contributed by atoms with E-state index in [0.29, 0.717) is 6.04 Å². The molecule has 2 aromatic rings. The molecule has 3 nitrogen and oxygen atoms in total. The second kappa shape index (κ2) is 6.71. The maximum atomic E-state index is 4.67. The number of aryl methyl sites for hydroxylation is 2. The highest BCUT2D eigenvalue weighted by Gasteiger charge is 2.07. The Morgan fingerprint density at radius 2 is 1.80 bits per heavy atom. The lowest BCUT2D eigenvalue weighted by Crippen LogP contribution is -2.21. The fourth-order valence-corrected chi connectivity index (χ4v) is 2.20. The normalized spacial score (nSPS) is 11.2. The number of aromatic nitrogens is 2. The van der Waals surface area contributed by atoms with E-state index in [1.54, 1.807) is 0 Å². The molecule has 0 aliphatic rings. The topological polar surface area (TPSA) is 29.9 Å². The first-order valence-corrected chi connectivity index (χ1v) is 7.54. The van der Waals surface area contributed by atoms with Gasteiger partial charge in [-0.2, -0.15) is 5.10 Å². The highest BCUT2D eigenvalue weighted by molar-refractivity contribution is 5.36. The molecule has 0 aliphatic heterocycles. The van der Waals surface area contributed by atoms with Gasteiger partial charge in [-0.05, 0) is 36.6 Å². The standard InChI is InChI=1S/C17H25N3/c1-5-15-11-16(6-2)20(19-15)17-9-7-14(8-10-17)12-18-13(3)4/h7-11,13,18H,5-6,12H2,1-4H3. The van der Waals surface area contributed by atoms with Crippen molar-refractivity contribution in [2.75, 3.05) is 0 Å². The summed E-state index contributed by atoms with van der Waals surface area (Å²) in [4.78, 5) is 0. The van der Waals surface area contributed by atoms with Gasteiger partial charge in [0, 0.05) is 18.3 Å². The van der Waals surface area contributed by atoms with Crippen LogP contribution in [0.25, 0.3) is 5.69 Å². The van der Waals surface area contributed by atoms with Gasteiger partial charge in [0.25, 0.3) is 0 Å². The number of nitrogens with zero attached hydrogens (tertiary/aromatic N) is 2. The van der Waals surface area contributed by atoms with E-state index in [1.165, 1.54) is 11.3 Å². The summed E-state index contributed by atoms with van der Waals surface area (Å²) in [5.41, 5.74) is 4.89. The summed E-state index contributed by atoms with van der Waals surface area (Å²) >= 11 is 0. The molecule has 0 saturated carbocycles. The highest BCUT2D eigenvalue weighted by Crippen LogP contribution is 2.15. The van der Waals surface area contributed by atoms with Gasteiger partial charge in [0.2, 0.25) is 0 Å². The van der Waals surface area contributed by atoms with Crippen molar-refractivity contribution in [1.82, 2.24) is 15.1 Å². The van der Waals surface area contributed by atoms with Crippen molar-refractivity contribution in [3.05, 3.63) is 47.3 Å². The quantitative estimate of drug-likeness (QED) is 0.871. The maximum Gasteiger partial charge on any atom is 0.0649 e. The molecule has 1 heterocycles. The van der Waals surface area contributed by atoms with Gasteiger partial charge in [-0.3, -0.25) is 0 Å². The minimum atomic E-state index is 0.514. The molecule has 0 unspecified atom stereocenters. The van der Waals surface area contributed by atoms with Crippen LogP contribution in [0.1, 0.15) is 44.6 Å². The summed E-state index contributed by atoms with van der Waals surface area (Å²) in [7, 11) is 0. The molecule has 20 heavy (non-hydrogen) atoms. The minimum absolute atomic E-state index is 0.514. The van der Waals surface area contributed by atoms with Crippen molar-refractivity contribution in [1.29, 1.82) is 0 Å². The number of hydrogen-bond donors (Lipinski definition) is 1. The van der Waals surface area contributed by atoms with Gasteiger partial charge in [0.15, 0.2) is 0 Å². The Balaban J connectivity index is 2.19. The van der Waals surface area contributed by atoms with Crippen LogP contribution in [-0.4, -0.2) is 15.8 Å². The maximum absolute atomic E-state index is 4.67.